The Kier molecular flexibility index (Phi) is 8.99. The second-order valence-corrected chi connectivity index (χ2v) is 11.6. The summed E-state index contributed by atoms with van der Waals surface area (Å²) in [6, 6.07) is 53.1. The first-order valence-corrected chi connectivity index (χ1v) is 15.9. The first kappa shape index (κ1) is 31.9. The van der Waals surface area contributed by atoms with Gasteiger partial charge in [0.05, 0.1) is 33.8 Å². The molecule has 5 nitrogen and oxygen atoms in total. The normalized spacial score (nSPS) is 10.9. The van der Waals surface area contributed by atoms with E-state index in [-0.39, 0.29) is 20.1 Å². The molecule has 0 atom stereocenters. The summed E-state index contributed by atoms with van der Waals surface area (Å²) >= 11 is 0. The first-order valence-electron chi connectivity index (χ1n) is 15.9. The third-order valence-electron chi connectivity index (χ3n) is 8.42. The third-order valence-corrected chi connectivity index (χ3v) is 8.42. The Morgan fingerprint density at radius 1 is 0.694 bits per heavy atom. The van der Waals surface area contributed by atoms with Crippen molar-refractivity contribution < 1.29 is 24.5 Å². The van der Waals surface area contributed by atoms with Crippen LogP contribution in [0.4, 0.5) is 0 Å². The van der Waals surface area contributed by atoms with E-state index in [0.717, 1.165) is 83.8 Å². The molecular formula is C43H30IrN4O-2. The molecule has 239 valence electrons. The summed E-state index contributed by atoms with van der Waals surface area (Å²) < 4.78 is 8.61. The van der Waals surface area contributed by atoms with E-state index in [2.05, 4.69) is 71.9 Å². The number of fused-ring (bicyclic) bond motifs is 4. The van der Waals surface area contributed by atoms with Gasteiger partial charge in [-0.25, -0.2) is 0 Å². The maximum Gasteiger partial charge on any atom is 0.120 e. The van der Waals surface area contributed by atoms with Crippen molar-refractivity contribution in [2.75, 3.05) is 0 Å². The fourth-order valence-electron chi connectivity index (χ4n) is 6.21. The number of aryl methyl sites for hydroxylation is 2. The van der Waals surface area contributed by atoms with Gasteiger partial charge in [0.1, 0.15) is 5.58 Å². The number of hydrogen-bond acceptors (Lipinski definition) is 4. The number of rotatable bonds is 4. The van der Waals surface area contributed by atoms with E-state index >= 15 is 0 Å². The minimum Gasteiger partial charge on any atom is -0.501 e. The summed E-state index contributed by atoms with van der Waals surface area (Å²) in [4.78, 5) is 14.4. The Labute approximate surface area is 298 Å². The molecule has 0 amide bonds. The predicted octanol–water partition coefficient (Wildman–Crippen LogP) is 10.6. The maximum absolute atomic E-state index is 6.43. The fraction of sp³-hybridized carbons (Fsp3) is 0.0465. The van der Waals surface area contributed by atoms with Crippen LogP contribution in [0.5, 0.6) is 0 Å². The van der Waals surface area contributed by atoms with Crippen LogP contribution in [0.25, 0.3) is 72.6 Å². The molecule has 4 aromatic heterocycles. The van der Waals surface area contributed by atoms with E-state index in [0.29, 0.717) is 0 Å². The zero-order valence-corrected chi connectivity index (χ0v) is 29.3. The minimum atomic E-state index is 0. The molecular weight excluding hydrogens is 781 g/mol. The standard InChI is InChI=1S/C32H22N3O.C11H8N.Ir/c1-20-17-18-25(31-29(20)24-15-9-10-16-28(24)36-31)32-34-27-19-26(22-11-5-3-6-12-22)33-21(2)30(27)35(32)23-13-7-4-8-14-23;1-2-6-10(7-3-1)11-8-4-5-9-12-11;/h3-17,19H,1-2H3;1-6,8-9H;/q2*-1;. The monoisotopic (exact) mass is 811 g/mol. The molecule has 9 aromatic rings. The molecule has 9 rings (SSSR count). The Balaban J connectivity index is 0.000000246. The summed E-state index contributed by atoms with van der Waals surface area (Å²) in [5, 5.41) is 2.21. The number of benzene rings is 5. The molecule has 0 aliphatic carbocycles. The predicted molar refractivity (Wildman–Crippen MR) is 194 cm³/mol. The number of pyridine rings is 2. The molecule has 1 radical (unpaired) electrons. The van der Waals surface area contributed by atoms with E-state index in [1.165, 1.54) is 0 Å². The van der Waals surface area contributed by atoms with E-state index in [1.54, 1.807) is 6.20 Å². The van der Waals surface area contributed by atoms with Crippen LogP contribution >= 0.6 is 0 Å². The van der Waals surface area contributed by atoms with E-state index < -0.39 is 0 Å². The topological polar surface area (TPSA) is 56.7 Å². The molecule has 6 heteroatoms. The average molecular weight is 811 g/mol. The number of hydrogen-bond donors (Lipinski definition) is 0. The zero-order chi connectivity index (χ0) is 32.5. The van der Waals surface area contributed by atoms with Gasteiger partial charge < -0.3 is 14.0 Å². The Bertz CT molecular complexity index is 2470. The largest absolute Gasteiger partial charge is 0.501 e. The Morgan fingerprint density at radius 2 is 1.43 bits per heavy atom. The summed E-state index contributed by atoms with van der Waals surface area (Å²) in [5.41, 5.74) is 11.4. The summed E-state index contributed by atoms with van der Waals surface area (Å²) in [7, 11) is 0. The van der Waals surface area contributed by atoms with Crippen LogP contribution in [0.15, 0.2) is 150 Å². The molecule has 4 heterocycles. The van der Waals surface area contributed by atoms with Crippen LogP contribution in [0.3, 0.4) is 0 Å². The van der Waals surface area contributed by atoms with Crippen LogP contribution in [0, 0.1) is 26.0 Å². The van der Waals surface area contributed by atoms with Gasteiger partial charge in [-0.1, -0.05) is 96.7 Å². The van der Waals surface area contributed by atoms with E-state index in [1.807, 2.05) is 103 Å². The molecule has 0 saturated heterocycles. The SMILES string of the molecule is Cc1c[c-]c(-c2nc3cc(-c4ccccc4)nc(C)c3n2-c2ccccc2)c2oc3ccccc3c12.[Ir].[c-]1ccccc1-c1ccccn1. The zero-order valence-electron chi connectivity index (χ0n) is 26.9. The van der Waals surface area contributed by atoms with Crippen molar-refractivity contribution in [2.24, 2.45) is 0 Å². The Hall–Kier alpha value is -5.68. The number of aromatic nitrogens is 4. The van der Waals surface area contributed by atoms with Crippen LogP contribution in [-0.4, -0.2) is 19.5 Å². The molecule has 0 N–H and O–H groups in total. The third kappa shape index (κ3) is 6.09. The Morgan fingerprint density at radius 3 is 2.18 bits per heavy atom. The minimum absolute atomic E-state index is 0. The van der Waals surface area contributed by atoms with Gasteiger partial charge in [0.25, 0.3) is 0 Å². The molecule has 5 aromatic carbocycles. The van der Waals surface area contributed by atoms with Crippen molar-refractivity contribution in [3.05, 3.63) is 169 Å². The van der Waals surface area contributed by atoms with E-state index in [4.69, 9.17) is 14.4 Å². The summed E-state index contributed by atoms with van der Waals surface area (Å²) in [6.45, 7) is 4.15. The molecule has 0 unspecified atom stereocenters. The second kappa shape index (κ2) is 13.8. The van der Waals surface area contributed by atoms with Gasteiger partial charge in [-0.3, -0.25) is 9.97 Å². The fourth-order valence-corrected chi connectivity index (χ4v) is 6.21. The molecule has 0 saturated carbocycles. The van der Waals surface area contributed by atoms with Gasteiger partial charge in [0.2, 0.25) is 0 Å². The molecule has 49 heavy (non-hydrogen) atoms. The first-order chi connectivity index (χ1) is 23.7. The van der Waals surface area contributed by atoms with Crippen molar-refractivity contribution in [3.8, 4) is 39.6 Å². The van der Waals surface area contributed by atoms with Crippen molar-refractivity contribution in [1.82, 2.24) is 19.5 Å². The molecule has 0 aliphatic rings. The van der Waals surface area contributed by atoms with Gasteiger partial charge in [0.15, 0.2) is 0 Å². The molecule has 0 spiro atoms. The number of imidazole rings is 1. The van der Waals surface area contributed by atoms with Gasteiger partial charge in [-0.15, -0.1) is 53.6 Å². The summed E-state index contributed by atoms with van der Waals surface area (Å²) in [5.74, 6) is 0.787. The quantitative estimate of drug-likeness (QED) is 0.166. The average Bonchev–Trinajstić information content (AvgIpc) is 3.74. The van der Waals surface area contributed by atoms with Crippen molar-refractivity contribution >= 4 is 33.0 Å². The maximum atomic E-state index is 6.43. The number of nitrogens with zero attached hydrogens (tertiary/aromatic N) is 4. The summed E-state index contributed by atoms with van der Waals surface area (Å²) in [6.07, 6.45) is 1.79. The molecule has 0 aliphatic heterocycles. The van der Waals surface area contributed by atoms with Gasteiger partial charge in [-0.05, 0) is 42.9 Å². The molecule has 0 bridgehead atoms. The van der Waals surface area contributed by atoms with Crippen molar-refractivity contribution in [2.45, 2.75) is 13.8 Å². The van der Waals surface area contributed by atoms with Gasteiger partial charge >= 0.3 is 0 Å². The van der Waals surface area contributed by atoms with Gasteiger partial charge in [-0.2, -0.15) is 0 Å². The second-order valence-electron chi connectivity index (χ2n) is 11.6. The van der Waals surface area contributed by atoms with Gasteiger partial charge in [0, 0.05) is 42.9 Å². The molecule has 0 fully saturated rings. The van der Waals surface area contributed by atoms with Crippen LogP contribution in [-0.2, 0) is 20.1 Å². The van der Waals surface area contributed by atoms with Crippen molar-refractivity contribution in [3.63, 3.8) is 0 Å². The smallest absolute Gasteiger partial charge is 0.120 e. The number of furan rings is 1. The van der Waals surface area contributed by atoms with Crippen LogP contribution in [0.2, 0.25) is 0 Å². The van der Waals surface area contributed by atoms with E-state index in [9.17, 15) is 0 Å². The van der Waals surface area contributed by atoms with Crippen molar-refractivity contribution in [1.29, 1.82) is 0 Å². The van der Waals surface area contributed by atoms with Crippen LogP contribution < -0.4 is 0 Å². The van der Waals surface area contributed by atoms with Crippen LogP contribution in [0.1, 0.15) is 11.3 Å². The number of para-hydroxylation sites is 2.